The minimum absolute atomic E-state index is 0.185. The second-order valence-corrected chi connectivity index (χ2v) is 7.25. The maximum Gasteiger partial charge on any atom is 0.224 e. The highest BCUT2D eigenvalue weighted by Crippen LogP contribution is 2.39. The smallest absolute Gasteiger partial charge is 0.224 e. The lowest BCUT2D eigenvalue weighted by Crippen LogP contribution is -2.45. The van der Waals surface area contributed by atoms with Gasteiger partial charge in [-0.05, 0) is 43.5 Å². The van der Waals surface area contributed by atoms with Gasteiger partial charge in [0.05, 0.1) is 13.0 Å². The number of hydrogen-bond donors (Lipinski definition) is 0. The monoisotopic (exact) mass is 334 g/mol. The van der Waals surface area contributed by atoms with Gasteiger partial charge in [-0.3, -0.25) is 9.69 Å². The Morgan fingerprint density at radius 2 is 2.00 bits per heavy atom. The second-order valence-electron chi connectivity index (χ2n) is 7.25. The summed E-state index contributed by atoms with van der Waals surface area (Å²) in [4.78, 5) is 16.7. The van der Waals surface area contributed by atoms with E-state index in [1.54, 1.807) is 7.11 Å². The van der Waals surface area contributed by atoms with Crippen LogP contribution >= 0.6 is 0 Å². The number of hydrogen-bond acceptors (Lipinski definition) is 3. The summed E-state index contributed by atoms with van der Waals surface area (Å²) in [5, 5.41) is 0. The van der Waals surface area contributed by atoms with Crippen molar-refractivity contribution in [2.75, 3.05) is 39.9 Å². The number of benzene rings is 1. The Kier molecular flexibility index (Phi) is 5.51. The predicted octanol–water partition coefficient (Wildman–Crippen LogP) is 2.68. The van der Waals surface area contributed by atoms with E-state index in [9.17, 15) is 9.18 Å². The largest absolute Gasteiger partial charge is 0.384 e. The molecule has 1 amide bonds. The van der Waals surface area contributed by atoms with Crippen LogP contribution in [0.4, 0.5) is 4.39 Å². The first-order valence-corrected chi connectivity index (χ1v) is 8.84. The maximum atomic E-state index is 13.1. The van der Waals surface area contributed by atoms with Gasteiger partial charge in [0.15, 0.2) is 0 Å². The van der Waals surface area contributed by atoms with Crippen molar-refractivity contribution in [2.45, 2.75) is 32.2 Å². The average Bonchev–Trinajstić information content (AvgIpc) is 2.98. The third-order valence-corrected chi connectivity index (χ3v) is 5.37. The van der Waals surface area contributed by atoms with Crippen LogP contribution in [0.1, 0.15) is 31.2 Å². The fourth-order valence-corrected chi connectivity index (χ4v) is 4.12. The number of amides is 1. The van der Waals surface area contributed by atoms with Crippen LogP contribution < -0.4 is 0 Å². The highest BCUT2D eigenvalue weighted by Gasteiger charge is 2.42. The Labute approximate surface area is 143 Å². The van der Waals surface area contributed by atoms with E-state index in [-0.39, 0.29) is 17.1 Å². The van der Waals surface area contributed by atoms with Crippen LogP contribution in [0.3, 0.4) is 0 Å². The van der Waals surface area contributed by atoms with Crippen molar-refractivity contribution in [3.05, 3.63) is 35.6 Å². The van der Waals surface area contributed by atoms with Crippen molar-refractivity contribution in [2.24, 2.45) is 5.41 Å². The van der Waals surface area contributed by atoms with E-state index in [0.29, 0.717) is 13.0 Å². The molecular formula is C19H27FN2O2. The molecule has 0 N–H and O–H groups in total. The molecule has 0 saturated carbocycles. The van der Waals surface area contributed by atoms with Crippen molar-refractivity contribution >= 4 is 5.91 Å². The fraction of sp³-hybridized carbons (Fsp3) is 0.632. The number of ether oxygens (including phenoxy) is 1. The molecule has 2 saturated heterocycles. The standard InChI is InChI=1S/C19H27FN2O2/c1-24-12-7-18(23)22-11-9-19(15-22)8-2-10-21(14-19)13-16-3-5-17(20)6-4-16/h3-6H,2,7-15H2,1H3. The summed E-state index contributed by atoms with van der Waals surface area (Å²) >= 11 is 0. The Hall–Kier alpha value is -1.46. The highest BCUT2D eigenvalue weighted by atomic mass is 19.1. The molecule has 1 atom stereocenters. The maximum absolute atomic E-state index is 13.1. The van der Waals surface area contributed by atoms with E-state index in [0.717, 1.165) is 44.7 Å². The van der Waals surface area contributed by atoms with Gasteiger partial charge in [-0.25, -0.2) is 4.39 Å². The summed E-state index contributed by atoms with van der Waals surface area (Å²) in [5.41, 5.74) is 1.39. The molecule has 0 aromatic heterocycles. The molecule has 4 nitrogen and oxygen atoms in total. The second kappa shape index (κ2) is 7.62. The first kappa shape index (κ1) is 17.4. The van der Waals surface area contributed by atoms with E-state index in [1.807, 2.05) is 17.0 Å². The van der Waals surface area contributed by atoms with Gasteiger partial charge in [-0.1, -0.05) is 12.1 Å². The van der Waals surface area contributed by atoms with E-state index < -0.39 is 0 Å². The van der Waals surface area contributed by atoms with E-state index >= 15 is 0 Å². The molecular weight excluding hydrogens is 307 g/mol. The van der Waals surface area contributed by atoms with Crippen LogP contribution in [-0.2, 0) is 16.1 Å². The Morgan fingerprint density at radius 1 is 1.21 bits per heavy atom. The molecule has 1 aromatic rings. The normalized spacial score (nSPS) is 24.7. The van der Waals surface area contributed by atoms with Gasteiger partial charge in [0, 0.05) is 38.7 Å². The minimum Gasteiger partial charge on any atom is -0.384 e. The summed E-state index contributed by atoms with van der Waals surface area (Å²) in [6, 6.07) is 6.79. The summed E-state index contributed by atoms with van der Waals surface area (Å²) in [5.74, 6) is 0.0271. The number of likely N-dealkylation sites (tertiary alicyclic amines) is 2. The molecule has 1 aromatic carbocycles. The van der Waals surface area contributed by atoms with Crippen molar-refractivity contribution in [1.82, 2.24) is 9.80 Å². The number of carbonyl (C=O) groups is 1. The van der Waals surface area contributed by atoms with Crippen molar-refractivity contribution in [1.29, 1.82) is 0 Å². The molecule has 2 fully saturated rings. The number of piperidine rings is 1. The van der Waals surface area contributed by atoms with Crippen molar-refractivity contribution in [3.8, 4) is 0 Å². The van der Waals surface area contributed by atoms with E-state index in [2.05, 4.69) is 4.90 Å². The zero-order valence-corrected chi connectivity index (χ0v) is 14.5. The minimum atomic E-state index is -0.185. The number of rotatable bonds is 5. The first-order chi connectivity index (χ1) is 11.6. The molecule has 0 aliphatic carbocycles. The Morgan fingerprint density at radius 3 is 2.75 bits per heavy atom. The summed E-state index contributed by atoms with van der Waals surface area (Å²) in [6.45, 7) is 5.20. The SMILES string of the molecule is COCCC(=O)N1CCC2(CCCN(Cc3ccc(F)cc3)C2)C1. The van der Waals surface area contributed by atoms with Gasteiger partial charge < -0.3 is 9.64 Å². The predicted molar refractivity (Wildman–Crippen MR) is 91.0 cm³/mol. The van der Waals surface area contributed by atoms with Gasteiger partial charge in [0.25, 0.3) is 0 Å². The van der Waals surface area contributed by atoms with Crippen molar-refractivity contribution < 1.29 is 13.9 Å². The molecule has 2 aliphatic heterocycles. The topological polar surface area (TPSA) is 32.8 Å². The molecule has 132 valence electrons. The molecule has 2 heterocycles. The summed E-state index contributed by atoms with van der Waals surface area (Å²) < 4.78 is 18.1. The van der Waals surface area contributed by atoms with E-state index in [4.69, 9.17) is 4.74 Å². The Bertz CT molecular complexity index is 563. The van der Waals surface area contributed by atoms with Crippen molar-refractivity contribution in [3.63, 3.8) is 0 Å². The summed E-state index contributed by atoms with van der Waals surface area (Å²) in [6.07, 6.45) is 3.93. The molecule has 1 spiro atoms. The lowest BCUT2D eigenvalue weighted by molar-refractivity contribution is -0.131. The number of halogens is 1. The lowest BCUT2D eigenvalue weighted by atomic mass is 9.79. The van der Waals surface area contributed by atoms with Gasteiger partial charge in [0.2, 0.25) is 5.91 Å². The van der Waals surface area contributed by atoms with Gasteiger partial charge >= 0.3 is 0 Å². The fourth-order valence-electron chi connectivity index (χ4n) is 4.12. The molecule has 24 heavy (non-hydrogen) atoms. The summed E-state index contributed by atoms with van der Waals surface area (Å²) in [7, 11) is 1.63. The van der Waals surface area contributed by atoms with Crippen LogP contribution in [0.2, 0.25) is 0 Å². The number of nitrogens with zero attached hydrogens (tertiary/aromatic N) is 2. The third kappa shape index (κ3) is 4.14. The molecule has 3 rings (SSSR count). The van der Waals surface area contributed by atoms with Crippen LogP contribution in [0.25, 0.3) is 0 Å². The zero-order valence-electron chi connectivity index (χ0n) is 14.5. The zero-order chi connectivity index (χ0) is 17.0. The average molecular weight is 334 g/mol. The molecule has 0 radical (unpaired) electrons. The first-order valence-electron chi connectivity index (χ1n) is 8.84. The van der Waals surface area contributed by atoms with Gasteiger partial charge in [-0.15, -0.1) is 0 Å². The number of carbonyl (C=O) groups excluding carboxylic acids is 1. The molecule has 0 bridgehead atoms. The van der Waals surface area contributed by atoms with Crippen LogP contribution in [0.5, 0.6) is 0 Å². The van der Waals surface area contributed by atoms with E-state index in [1.165, 1.54) is 25.0 Å². The Balaban J connectivity index is 1.57. The van der Waals surface area contributed by atoms with Crippen LogP contribution in [-0.4, -0.2) is 55.6 Å². The molecule has 1 unspecified atom stereocenters. The van der Waals surface area contributed by atoms with Crippen LogP contribution in [0.15, 0.2) is 24.3 Å². The molecule has 2 aliphatic rings. The molecule has 5 heteroatoms. The van der Waals surface area contributed by atoms with Gasteiger partial charge in [-0.2, -0.15) is 0 Å². The van der Waals surface area contributed by atoms with Gasteiger partial charge in [0.1, 0.15) is 5.82 Å². The number of methoxy groups -OCH3 is 1. The highest BCUT2D eigenvalue weighted by molar-refractivity contribution is 5.76. The van der Waals surface area contributed by atoms with Crippen LogP contribution in [0, 0.1) is 11.2 Å². The quantitative estimate of drug-likeness (QED) is 0.830. The lowest BCUT2D eigenvalue weighted by Gasteiger charge is -2.40. The third-order valence-electron chi connectivity index (χ3n) is 5.37.